The molecule has 1 heterocycles. The van der Waals surface area contributed by atoms with Crippen LogP contribution in [0.2, 0.25) is 0 Å². The average Bonchev–Trinajstić information content (AvgIpc) is 2.58. The molecule has 1 saturated heterocycles. The summed E-state index contributed by atoms with van der Waals surface area (Å²) < 4.78 is 0. The van der Waals surface area contributed by atoms with Gasteiger partial charge in [0.1, 0.15) is 0 Å². The molecule has 1 aromatic carbocycles. The Morgan fingerprint density at radius 3 is 2.71 bits per heavy atom. The zero-order chi connectivity index (χ0) is 12.4. The summed E-state index contributed by atoms with van der Waals surface area (Å²) in [5, 5.41) is -0.218. The number of thioether (sulfide) groups is 1. The minimum absolute atomic E-state index is 0.0706. The zero-order valence-electron chi connectivity index (χ0n) is 9.84. The Morgan fingerprint density at radius 1 is 1.35 bits per heavy atom. The molecule has 17 heavy (non-hydrogen) atoms. The molecule has 1 amide bonds. The molecule has 0 bridgehead atoms. The van der Waals surface area contributed by atoms with Crippen LogP contribution < -0.4 is 4.90 Å². The predicted molar refractivity (Wildman–Crippen MR) is 69.2 cm³/mol. The lowest BCUT2D eigenvalue weighted by Crippen LogP contribution is -2.23. The third-order valence-electron chi connectivity index (χ3n) is 2.58. The first-order valence-electron chi connectivity index (χ1n) is 5.32. The third-order valence-corrected chi connectivity index (χ3v) is 3.37. The van der Waals surface area contributed by atoms with Crippen LogP contribution in [-0.4, -0.2) is 35.9 Å². The lowest BCUT2D eigenvalue weighted by molar-refractivity contribution is -0.110. The molecular weight excluding hydrogens is 236 g/mol. The van der Waals surface area contributed by atoms with Crippen molar-refractivity contribution >= 4 is 27.8 Å². The van der Waals surface area contributed by atoms with Gasteiger partial charge in [-0.15, -0.1) is 0 Å². The van der Waals surface area contributed by atoms with E-state index in [4.69, 9.17) is 0 Å². The Bertz CT molecular complexity index is 460. The molecule has 1 aliphatic rings. The summed E-state index contributed by atoms with van der Waals surface area (Å²) in [5.74, 6) is 0. The second-order valence-electron chi connectivity index (χ2n) is 4.16. The van der Waals surface area contributed by atoms with Crippen LogP contribution >= 0.6 is 11.8 Å². The molecule has 0 radical (unpaired) electrons. The Kier molecular flexibility index (Phi) is 3.38. The lowest BCUT2D eigenvalue weighted by Gasteiger charge is -2.17. The molecule has 0 atom stereocenters. The molecule has 1 aromatic rings. The molecule has 90 valence electrons. The van der Waals surface area contributed by atoms with Gasteiger partial charge in [-0.1, -0.05) is 12.1 Å². The Hall–Kier alpha value is -1.49. The van der Waals surface area contributed by atoms with Crippen molar-refractivity contribution in [3.05, 3.63) is 29.8 Å². The van der Waals surface area contributed by atoms with Crippen molar-refractivity contribution in [2.45, 2.75) is 6.54 Å². The van der Waals surface area contributed by atoms with Crippen molar-refractivity contribution in [2.24, 2.45) is 0 Å². The highest BCUT2D eigenvalue weighted by Crippen LogP contribution is 2.22. The van der Waals surface area contributed by atoms with Crippen LogP contribution in [0.3, 0.4) is 0 Å². The quantitative estimate of drug-likeness (QED) is 0.822. The van der Waals surface area contributed by atoms with Crippen molar-refractivity contribution in [1.82, 2.24) is 4.90 Å². The number of carbonyl (C=O) groups is 2. The maximum atomic E-state index is 11.5. The van der Waals surface area contributed by atoms with Gasteiger partial charge in [-0.05, 0) is 17.7 Å². The number of nitrogens with zero attached hydrogens (tertiary/aromatic N) is 2. The summed E-state index contributed by atoms with van der Waals surface area (Å²) >= 11 is 0.796. The summed E-state index contributed by atoms with van der Waals surface area (Å²) in [4.78, 5) is 26.2. The molecule has 0 aliphatic carbocycles. The predicted octanol–water partition coefficient (Wildman–Crippen LogP) is 1.95. The number of rotatable bonds is 3. The van der Waals surface area contributed by atoms with E-state index in [1.54, 1.807) is 4.90 Å². The highest BCUT2D eigenvalue weighted by molar-refractivity contribution is 8.26. The average molecular weight is 250 g/mol. The van der Waals surface area contributed by atoms with Crippen LogP contribution in [0.4, 0.5) is 10.5 Å². The molecule has 5 heteroatoms. The molecular formula is C12H14N2O2S. The van der Waals surface area contributed by atoms with Crippen molar-refractivity contribution in [1.29, 1.82) is 0 Å². The van der Waals surface area contributed by atoms with E-state index in [0.29, 0.717) is 6.54 Å². The second-order valence-corrected chi connectivity index (χ2v) is 5.17. The van der Waals surface area contributed by atoms with Crippen molar-refractivity contribution in [3.63, 3.8) is 0 Å². The zero-order valence-corrected chi connectivity index (χ0v) is 10.7. The van der Waals surface area contributed by atoms with Crippen molar-refractivity contribution in [2.75, 3.05) is 25.5 Å². The summed E-state index contributed by atoms with van der Waals surface area (Å²) in [6, 6.07) is 7.96. The minimum atomic E-state index is -0.148. The standard InChI is InChI=1S/C12H14N2O2S/c1-13(2)10-5-3-4-9(6-10)7-14-8-11(15)17-12(14)16/h3-6H,7-8H2,1-2H3. The van der Waals surface area contributed by atoms with Gasteiger partial charge in [0, 0.05) is 38.1 Å². The van der Waals surface area contributed by atoms with E-state index in [1.807, 2.05) is 43.3 Å². The lowest BCUT2D eigenvalue weighted by atomic mass is 10.2. The molecule has 0 aromatic heterocycles. The van der Waals surface area contributed by atoms with Gasteiger partial charge in [0.2, 0.25) is 5.12 Å². The van der Waals surface area contributed by atoms with Gasteiger partial charge in [0.15, 0.2) is 0 Å². The Balaban J connectivity index is 2.11. The number of benzene rings is 1. The van der Waals surface area contributed by atoms with E-state index in [-0.39, 0.29) is 16.9 Å². The molecule has 4 nitrogen and oxygen atoms in total. The van der Waals surface area contributed by atoms with Crippen LogP contribution in [0.15, 0.2) is 24.3 Å². The normalized spacial score (nSPS) is 15.5. The number of anilines is 1. The molecule has 1 aliphatic heterocycles. The number of hydrogen-bond donors (Lipinski definition) is 0. The first-order chi connectivity index (χ1) is 8.06. The van der Waals surface area contributed by atoms with Gasteiger partial charge in [0.05, 0.1) is 6.54 Å². The van der Waals surface area contributed by atoms with Gasteiger partial charge in [-0.2, -0.15) is 0 Å². The largest absolute Gasteiger partial charge is 0.378 e. The van der Waals surface area contributed by atoms with Gasteiger partial charge < -0.3 is 9.80 Å². The van der Waals surface area contributed by atoms with Crippen LogP contribution in [-0.2, 0) is 11.3 Å². The number of amides is 1. The van der Waals surface area contributed by atoms with Gasteiger partial charge >= 0.3 is 0 Å². The fourth-order valence-corrected chi connectivity index (χ4v) is 2.36. The summed E-state index contributed by atoms with van der Waals surface area (Å²) in [6.45, 7) is 0.717. The minimum Gasteiger partial charge on any atom is -0.378 e. The molecule has 0 N–H and O–H groups in total. The summed E-state index contributed by atoms with van der Waals surface area (Å²) in [7, 11) is 3.94. The van der Waals surface area contributed by atoms with Crippen molar-refractivity contribution in [3.8, 4) is 0 Å². The fourth-order valence-electron chi connectivity index (χ4n) is 1.69. The van der Waals surface area contributed by atoms with E-state index < -0.39 is 0 Å². The van der Waals surface area contributed by atoms with E-state index in [0.717, 1.165) is 23.0 Å². The third kappa shape index (κ3) is 2.79. The van der Waals surface area contributed by atoms with Crippen LogP contribution in [0, 0.1) is 0 Å². The van der Waals surface area contributed by atoms with Gasteiger partial charge in [-0.25, -0.2) is 0 Å². The maximum Gasteiger partial charge on any atom is 0.290 e. The Morgan fingerprint density at radius 2 is 2.12 bits per heavy atom. The van der Waals surface area contributed by atoms with Crippen LogP contribution in [0.1, 0.15) is 5.56 Å². The molecule has 2 rings (SSSR count). The summed E-state index contributed by atoms with van der Waals surface area (Å²) in [6.07, 6.45) is 0. The van der Waals surface area contributed by atoms with E-state index in [1.165, 1.54) is 0 Å². The molecule has 0 spiro atoms. The SMILES string of the molecule is CN(C)c1cccc(CN2CC(=O)SC2=O)c1. The van der Waals surface area contributed by atoms with E-state index in [9.17, 15) is 9.59 Å². The van der Waals surface area contributed by atoms with E-state index >= 15 is 0 Å². The van der Waals surface area contributed by atoms with Gasteiger partial charge in [0.25, 0.3) is 5.24 Å². The maximum absolute atomic E-state index is 11.5. The van der Waals surface area contributed by atoms with E-state index in [2.05, 4.69) is 0 Å². The molecule has 0 saturated carbocycles. The molecule has 1 fully saturated rings. The van der Waals surface area contributed by atoms with Crippen LogP contribution in [0.25, 0.3) is 0 Å². The first-order valence-corrected chi connectivity index (χ1v) is 6.14. The highest BCUT2D eigenvalue weighted by atomic mass is 32.2. The monoisotopic (exact) mass is 250 g/mol. The fraction of sp³-hybridized carbons (Fsp3) is 0.333. The molecule has 0 unspecified atom stereocenters. The number of carbonyl (C=O) groups excluding carboxylic acids is 2. The van der Waals surface area contributed by atoms with Crippen LogP contribution in [0.5, 0.6) is 0 Å². The second kappa shape index (κ2) is 4.79. The van der Waals surface area contributed by atoms with Gasteiger partial charge in [-0.3, -0.25) is 9.59 Å². The summed E-state index contributed by atoms with van der Waals surface area (Å²) in [5.41, 5.74) is 2.13. The Labute approximate surface area is 105 Å². The smallest absolute Gasteiger partial charge is 0.290 e. The first kappa shape index (κ1) is 12.0. The topological polar surface area (TPSA) is 40.6 Å². The highest BCUT2D eigenvalue weighted by Gasteiger charge is 2.28. The van der Waals surface area contributed by atoms with Crippen molar-refractivity contribution < 1.29 is 9.59 Å². The number of hydrogen-bond acceptors (Lipinski definition) is 4.